The molecule has 0 unspecified atom stereocenters. The van der Waals surface area contributed by atoms with E-state index >= 15 is 0 Å². The number of hydroxylamine groups is 1. The van der Waals surface area contributed by atoms with E-state index in [1.54, 1.807) is 18.2 Å². The number of nitrogens with zero attached hydrogens (tertiary/aromatic N) is 2. The van der Waals surface area contributed by atoms with Crippen molar-refractivity contribution in [2.75, 3.05) is 6.54 Å². The van der Waals surface area contributed by atoms with Crippen LogP contribution >= 0.6 is 0 Å². The highest BCUT2D eigenvalue weighted by molar-refractivity contribution is 6.00. The van der Waals surface area contributed by atoms with E-state index in [9.17, 15) is 9.60 Å². The quantitative estimate of drug-likeness (QED) is 0.465. The van der Waals surface area contributed by atoms with Crippen molar-refractivity contribution in [2.24, 2.45) is 10.9 Å². The highest BCUT2D eigenvalue weighted by Crippen LogP contribution is 2.26. The van der Waals surface area contributed by atoms with Gasteiger partial charge in [0, 0.05) is 18.3 Å². The smallest absolute Gasteiger partial charge is 0.230 e. The standard InChI is InChI=1S/C20H24FN3O2/c1-14-10-11-18(19(24-25)22-13-15-6-3-2-4-7-15)20(23-14)26-17-9-5-8-16(21)12-17/h5,8-12,15,25H,2-4,6-7,13H2,1H3,(H,22,24). The van der Waals surface area contributed by atoms with Crippen LogP contribution in [0, 0.1) is 18.7 Å². The number of nitrogens with one attached hydrogen (secondary N) is 1. The molecule has 0 bridgehead atoms. The van der Waals surface area contributed by atoms with Crippen LogP contribution in [0.2, 0.25) is 0 Å². The van der Waals surface area contributed by atoms with Gasteiger partial charge >= 0.3 is 0 Å². The molecule has 0 aliphatic heterocycles. The second kappa shape index (κ2) is 8.76. The third-order valence-electron chi connectivity index (χ3n) is 4.60. The third-order valence-corrected chi connectivity index (χ3v) is 4.60. The molecule has 1 heterocycles. The molecule has 5 nitrogen and oxygen atoms in total. The van der Waals surface area contributed by atoms with Crippen molar-refractivity contribution >= 4 is 5.84 Å². The van der Waals surface area contributed by atoms with E-state index in [1.165, 1.54) is 44.2 Å². The molecule has 26 heavy (non-hydrogen) atoms. The highest BCUT2D eigenvalue weighted by atomic mass is 19.1. The van der Waals surface area contributed by atoms with Gasteiger partial charge in [-0.05, 0) is 49.9 Å². The lowest BCUT2D eigenvalue weighted by molar-refractivity contribution is 0.233. The Bertz CT molecular complexity index is 773. The minimum Gasteiger partial charge on any atom is -0.438 e. The zero-order valence-electron chi connectivity index (χ0n) is 14.9. The van der Waals surface area contributed by atoms with Gasteiger partial charge in [-0.2, -0.15) is 0 Å². The van der Waals surface area contributed by atoms with Crippen molar-refractivity contribution in [1.82, 2.24) is 10.5 Å². The zero-order valence-corrected chi connectivity index (χ0v) is 14.9. The topological polar surface area (TPSA) is 66.7 Å². The van der Waals surface area contributed by atoms with Gasteiger partial charge in [0.25, 0.3) is 0 Å². The Morgan fingerprint density at radius 3 is 2.81 bits per heavy atom. The van der Waals surface area contributed by atoms with E-state index in [-0.39, 0.29) is 11.7 Å². The van der Waals surface area contributed by atoms with Crippen molar-refractivity contribution in [1.29, 1.82) is 0 Å². The van der Waals surface area contributed by atoms with Crippen molar-refractivity contribution in [2.45, 2.75) is 39.0 Å². The lowest BCUT2D eigenvalue weighted by Crippen LogP contribution is -2.23. The summed E-state index contributed by atoms with van der Waals surface area (Å²) >= 11 is 0. The summed E-state index contributed by atoms with van der Waals surface area (Å²) in [6, 6.07) is 9.48. The summed E-state index contributed by atoms with van der Waals surface area (Å²) in [4.78, 5) is 8.93. The van der Waals surface area contributed by atoms with Gasteiger partial charge in [-0.15, -0.1) is 0 Å². The van der Waals surface area contributed by atoms with E-state index in [0.29, 0.717) is 29.6 Å². The number of rotatable bonds is 5. The van der Waals surface area contributed by atoms with Gasteiger partial charge in [0.15, 0.2) is 5.84 Å². The van der Waals surface area contributed by atoms with Crippen LogP contribution in [0.3, 0.4) is 0 Å². The fourth-order valence-electron chi connectivity index (χ4n) is 3.20. The van der Waals surface area contributed by atoms with Gasteiger partial charge in [-0.1, -0.05) is 25.3 Å². The number of amidine groups is 1. The Kier molecular flexibility index (Phi) is 6.17. The summed E-state index contributed by atoms with van der Waals surface area (Å²) in [6.45, 7) is 2.49. The van der Waals surface area contributed by atoms with E-state index in [1.807, 2.05) is 13.0 Å². The fourth-order valence-corrected chi connectivity index (χ4v) is 3.20. The predicted octanol–water partition coefficient (Wildman–Crippen LogP) is 4.63. The summed E-state index contributed by atoms with van der Waals surface area (Å²) in [5.74, 6) is 1.09. The average Bonchev–Trinajstić information content (AvgIpc) is 2.64. The number of halogens is 1. The molecule has 0 radical (unpaired) electrons. The SMILES string of the molecule is Cc1ccc(C(=NCC2CCCCC2)NO)c(Oc2cccc(F)c2)n1. The van der Waals surface area contributed by atoms with Gasteiger partial charge in [-0.25, -0.2) is 9.37 Å². The first kappa shape index (κ1) is 18.3. The molecule has 1 saturated carbocycles. The van der Waals surface area contributed by atoms with Crippen molar-refractivity contribution in [3.63, 3.8) is 0 Å². The molecule has 2 aromatic rings. The zero-order chi connectivity index (χ0) is 18.4. The van der Waals surface area contributed by atoms with Crippen molar-refractivity contribution < 1.29 is 14.3 Å². The molecule has 2 N–H and O–H groups in total. The van der Waals surface area contributed by atoms with Crippen LogP contribution in [-0.2, 0) is 0 Å². The molecule has 3 rings (SSSR count). The maximum atomic E-state index is 13.4. The summed E-state index contributed by atoms with van der Waals surface area (Å²) in [6.07, 6.45) is 6.10. The maximum absolute atomic E-state index is 13.4. The molecule has 0 spiro atoms. The largest absolute Gasteiger partial charge is 0.438 e. The van der Waals surface area contributed by atoms with Gasteiger partial charge in [-0.3, -0.25) is 15.7 Å². The summed E-state index contributed by atoms with van der Waals surface area (Å²) in [5, 5.41) is 9.59. The molecule has 1 fully saturated rings. The number of aliphatic imine (C=N–C) groups is 1. The lowest BCUT2D eigenvalue weighted by Gasteiger charge is -2.20. The van der Waals surface area contributed by atoms with Crippen molar-refractivity contribution in [3.8, 4) is 11.6 Å². The van der Waals surface area contributed by atoms with E-state index < -0.39 is 0 Å². The Labute approximate surface area is 152 Å². The number of benzene rings is 1. The second-order valence-corrected chi connectivity index (χ2v) is 6.67. The van der Waals surface area contributed by atoms with Crippen LogP contribution in [0.1, 0.15) is 43.4 Å². The first-order chi connectivity index (χ1) is 12.7. The van der Waals surface area contributed by atoms with Crippen LogP contribution in [0.25, 0.3) is 0 Å². The van der Waals surface area contributed by atoms with Gasteiger partial charge < -0.3 is 4.74 Å². The summed E-state index contributed by atoms with van der Waals surface area (Å²) in [7, 11) is 0. The summed E-state index contributed by atoms with van der Waals surface area (Å²) < 4.78 is 19.2. The highest BCUT2D eigenvalue weighted by Gasteiger charge is 2.16. The minimum absolute atomic E-state index is 0.277. The normalized spacial score (nSPS) is 15.7. The second-order valence-electron chi connectivity index (χ2n) is 6.67. The monoisotopic (exact) mass is 357 g/mol. The number of aryl methyl sites for hydroxylation is 1. The van der Waals surface area contributed by atoms with Crippen molar-refractivity contribution in [3.05, 3.63) is 53.5 Å². The fraction of sp³-hybridized carbons (Fsp3) is 0.400. The Hall–Kier alpha value is -2.47. The van der Waals surface area contributed by atoms with Crippen LogP contribution in [0.15, 0.2) is 41.4 Å². The number of pyridine rings is 1. The van der Waals surface area contributed by atoms with Crippen LogP contribution in [0.4, 0.5) is 4.39 Å². The van der Waals surface area contributed by atoms with Crippen LogP contribution in [-0.4, -0.2) is 22.6 Å². The first-order valence-electron chi connectivity index (χ1n) is 9.01. The molecule has 6 heteroatoms. The van der Waals surface area contributed by atoms with E-state index in [4.69, 9.17) is 4.74 Å². The van der Waals surface area contributed by atoms with E-state index in [0.717, 1.165) is 5.69 Å². The van der Waals surface area contributed by atoms with Gasteiger partial charge in [0.1, 0.15) is 11.6 Å². The molecule has 0 saturated heterocycles. The van der Waals surface area contributed by atoms with Crippen LogP contribution in [0.5, 0.6) is 11.6 Å². The number of ether oxygens (including phenoxy) is 1. The molecule has 1 aliphatic carbocycles. The Morgan fingerprint density at radius 1 is 1.27 bits per heavy atom. The summed E-state index contributed by atoms with van der Waals surface area (Å²) in [5.41, 5.74) is 3.47. The molecule has 0 amide bonds. The van der Waals surface area contributed by atoms with Crippen LogP contribution < -0.4 is 10.2 Å². The molecule has 138 valence electrons. The Balaban J connectivity index is 1.84. The number of hydrogen-bond donors (Lipinski definition) is 2. The molecule has 0 atom stereocenters. The molecular formula is C20H24FN3O2. The molecule has 1 aliphatic rings. The molecule has 1 aromatic heterocycles. The van der Waals surface area contributed by atoms with Gasteiger partial charge in [0.05, 0.1) is 5.56 Å². The average molecular weight is 357 g/mol. The first-order valence-corrected chi connectivity index (χ1v) is 9.01. The van der Waals surface area contributed by atoms with E-state index in [2.05, 4.69) is 15.5 Å². The number of hydrogen-bond acceptors (Lipinski definition) is 4. The predicted molar refractivity (Wildman–Crippen MR) is 98.3 cm³/mol. The van der Waals surface area contributed by atoms with Gasteiger partial charge in [0.2, 0.25) is 5.88 Å². The maximum Gasteiger partial charge on any atom is 0.230 e. The molecular weight excluding hydrogens is 333 g/mol. The minimum atomic E-state index is -0.386. The molecule has 1 aromatic carbocycles. The third kappa shape index (κ3) is 4.79. The Morgan fingerprint density at radius 2 is 2.08 bits per heavy atom. The lowest BCUT2D eigenvalue weighted by atomic mass is 9.89. The number of aromatic nitrogens is 1.